The quantitative estimate of drug-likeness (QED) is 0.229. The molecule has 2 heterocycles. The number of esters is 1. The van der Waals surface area contributed by atoms with E-state index >= 15 is 0 Å². The highest BCUT2D eigenvalue weighted by Gasteiger charge is 2.19. The van der Waals surface area contributed by atoms with Crippen molar-refractivity contribution >= 4 is 33.7 Å². The normalized spacial score (nSPS) is 10.4. The molecular formula is C34H35N5O3. The van der Waals surface area contributed by atoms with E-state index in [0.29, 0.717) is 18.0 Å². The summed E-state index contributed by atoms with van der Waals surface area (Å²) in [6.07, 6.45) is 0. The summed E-state index contributed by atoms with van der Waals surface area (Å²) >= 11 is 0. The minimum absolute atomic E-state index is 0.303. The van der Waals surface area contributed by atoms with E-state index in [2.05, 4.69) is 10.2 Å². The number of carbonyl (C=O) groups is 2. The van der Waals surface area contributed by atoms with Crippen molar-refractivity contribution in [3.63, 3.8) is 0 Å². The summed E-state index contributed by atoms with van der Waals surface area (Å²) in [5.41, 5.74) is 11.9. The van der Waals surface area contributed by atoms with Gasteiger partial charge in [-0.3, -0.25) is 4.79 Å². The Kier molecular flexibility index (Phi) is 9.50. The molecule has 1 amide bonds. The fraction of sp³-hybridized carbons (Fsp3) is 0.176. The predicted octanol–water partition coefficient (Wildman–Crippen LogP) is 6.97. The second kappa shape index (κ2) is 13.4. The van der Waals surface area contributed by atoms with Gasteiger partial charge in [0.25, 0.3) is 5.91 Å². The first kappa shape index (κ1) is 29.7. The average molecular weight is 562 g/mol. The van der Waals surface area contributed by atoms with Crippen molar-refractivity contribution in [1.29, 1.82) is 0 Å². The van der Waals surface area contributed by atoms with Crippen LogP contribution in [0, 0.1) is 13.8 Å². The molecule has 0 radical (unpaired) electrons. The van der Waals surface area contributed by atoms with Gasteiger partial charge in [-0.05, 0) is 68.3 Å². The number of ether oxygens (including phenoxy) is 1. The van der Waals surface area contributed by atoms with Gasteiger partial charge in [0.2, 0.25) is 0 Å². The van der Waals surface area contributed by atoms with E-state index in [4.69, 9.17) is 10.5 Å². The molecule has 0 bridgehead atoms. The minimum atomic E-state index is -0.511. The number of nitrogens with zero attached hydrogens (tertiary/aromatic N) is 4. The van der Waals surface area contributed by atoms with E-state index in [-0.39, 0.29) is 5.97 Å². The van der Waals surface area contributed by atoms with Gasteiger partial charge in [-0.1, -0.05) is 74.5 Å². The summed E-state index contributed by atoms with van der Waals surface area (Å²) < 4.78 is 8.63. The summed E-state index contributed by atoms with van der Waals surface area (Å²) in [7, 11) is 0. The third-order valence-corrected chi connectivity index (χ3v) is 6.37. The Morgan fingerprint density at radius 3 is 1.60 bits per heavy atom. The Bertz CT molecular complexity index is 1850. The number of hydrogen-bond acceptors (Lipinski definition) is 5. The molecule has 0 aliphatic rings. The van der Waals surface area contributed by atoms with Gasteiger partial charge in [-0.25, -0.2) is 14.2 Å². The van der Waals surface area contributed by atoms with Crippen molar-refractivity contribution in [2.75, 3.05) is 6.61 Å². The number of hydrogen-bond donors (Lipinski definition) is 1. The van der Waals surface area contributed by atoms with Crippen molar-refractivity contribution < 1.29 is 14.3 Å². The average Bonchev–Trinajstić information content (AvgIpc) is 3.59. The number of nitrogens with two attached hydrogens (primary N) is 1. The summed E-state index contributed by atoms with van der Waals surface area (Å²) in [5, 5.41) is 10.4. The molecule has 0 atom stereocenters. The summed E-state index contributed by atoms with van der Waals surface area (Å²) in [5.74, 6) is -0.900. The number of carbonyl (C=O) groups excluding carboxylic acids is 2. The molecule has 0 fully saturated rings. The molecule has 0 spiro atoms. The Morgan fingerprint density at radius 2 is 1.14 bits per heavy atom. The molecule has 0 unspecified atom stereocenters. The lowest BCUT2D eigenvalue weighted by Gasteiger charge is -2.04. The zero-order valence-corrected chi connectivity index (χ0v) is 24.5. The molecule has 42 heavy (non-hydrogen) atoms. The Morgan fingerprint density at radius 1 is 0.690 bits per heavy atom. The van der Waals surface area contributed by atoms with Crippen LogP contribution in [0.15, 0.2) is 97.1 Å². The van der Waals surface area contributed by atoms with Gasteiger partial charge in [0.1, 0.15) is 0 Å². The van der Waals surface area contributed by atoms with Gasteiger partial charge < -0.3 is 10.5 Å². The molecule has 0 saturated heterocycles. The number of benzene rings is 4. The lowest BCUT2D eigenvalue weighted by molar-refractivity contribution is 0.0521. The first-order valence-corrected chi connectivity index (χ1v) is 13.9. The first-order chi connectivity index (χ1) is 20.4. The SMILES string of the molecule is CC.CCOC(=O)c1nn(-c2cccc(C)c2)c2ccccc12.Cc1cccc(-n2nc(C(N)=O)c3ccccc32)c1. The summed E-state index contributed by atoms with van der Waals surface area (Å²) in [6, 6.07) is 31.2. The third kappa shape index (κ3) is 6.23. The van der Waals surface area contributed by atoms with Gasteiger partial charge in [0.15, 0.2) is 11.4 Å². The maximum atomic E-state index is 12.1. The first-order valence-electron chi connectivity index (χ1n) is 13.9. The third-order valence-electron chi connectivity index (χ3n) is 6.37. The highest BCUT2D eigenvalue weighted by Crippen LogP contribution is 2.24. The monoisotopic (exact) mass is 561 g/mol. The van der Waals surface area contributed by atoms with Gasteiger partial charge in [0, 0.05) is 10.8 Å². The van der Waals surface area contributed by atoms with Crippen LogP contribution in [0.25, 0.3) is 33.2 Å². The Balaban J connectivity index is 0.000000183. The number of amides is 1. The van der Waals surface area contributed by atoms with Crippen LogP contribution >= 0.6 is 0 Å². The molecule has 2 N–H and O–H groups in total. The van der Waals surface area contributed by atoms with E-state index in [1.54, 1.807) is 16.3 Å². The molecule has 8 heteroatoms. The number of aromatic nitrogens is 4. The lowest BCUT2D eigenvalue weighted by atomic mass is 10.2. The number of primary amides is 1. The van der Waals surface area contributed by atoms with E-state index in [9.17, 15) is 9.59 Å². The van der Waals surface area contributed by atoms with E-state index in [1.807, 2.05) is 125 Å². The second-order valence-corrected chi connectivity index (χ2v) is 9.32. The van der Waals surface area contributed by atoms with Crippen LogP contribution in [-0.4, -0.2) is 38.0 Å². The van der Waals surface area contributed by atoms with E-state index in [0.717, 1.165) is 44.3 Å². The number of para-hydroxylation sites is 2. The Labute approximate surface area is 245 Å². The molecule has 6 rings (SSSR count). The van der Waals surface area contributed by atoms with Gasteiger partial charge in [-0.15, -0.1) is 0 Å². The smallest absolute Gasteiger partial charge is 0.359 e. The summed E-state index contributed by atoms with van der Waals surface area (Å²) in [6.45, 7) is 10.2. The van der Waals surface area contributed by atoms with E-state index < -0.39 is 5.91 Å². The van der Waals surface area contributed by atoms with Crippen molar-refractivity contribution in [3.05, 3.63) is 120 Å². The molecule has 6 aromatic rings. The maximum Gasteiger partial charge on any atom is 0.359 e. The molecular weight excluding hydrogens is 526 g/mol. The van der Waals surface area contributed by atoms with Crippen molar-refractivity contribution in [1.82, 2.24) is 19.6 Å². The maximum absolute atomic E-state index is 12.1. The zero-order chi connectivity index (χ0) is 30.2. The molecule has 8 nitrogen and oxygen atoms in total. The van der Waals surface area contributed by atoms with Crippen LogP contribution in [0.3, 0.4) is 0 Å². The van der Waals surface area contributed by atoms with Crippen LogP contribution < -0.4 is 5.73 Å². The lowest BCUT2D eigenvalue weighted by Crippen LogP contribution is -2.12. The molecule has 0 aliphatic carbocycles. The van der Waals surface area contributed by atoms with E-state index in [1.165, 1.54) is 0 Å². The zero-order valence-electron chi connectivity index (χ0n) is 24.5. The van der Waals surface area contributed by atoms with Gasteiger partial charge in [-0.2, -0.15) is 10.2 Å². The molecule has 2 aromatic heterocycles. The van der Waals surface area contributed by atoms with Crippen molar-refractivity contribution in [2.45, 2.75) is 34.6 Å². The number of aryl methyl sites for hydroxylation is 2. The number of fused-ring (bicyclic) bond motifs is 2. The molecule has 0 aliphatic heterocycles. The summed E-state index contributed by atoms with van der Waals surface area (Å²) in [4.78, 5) is 23.5. The Hall–Kier alpha value is -5.24. The minimum Gasteiger partial charge on any atom is -0.461 e. The predicted molar refractivity (Wildman–Crippen MR) is 167 cm³/mol. The number of rotatable bonds is 5. The highest BCUT2D eigenvalue weighted by molar-refractivity contribution is 6.04. The largest absolute Gasteiger partial charge is 0.461 e. The van der Waals surface area contributed by atoms with Crippen molar-refractivity contribution in [3.8, 4) is 11.4 Å². The molecule has 0 saturated carbocycles. The highest BCUT2D eigenvalue weighted by atomic mass is 16.5. The van der Waals surface area contributed by atoms with Gasteiger partial charge in [0.05, 0.1) is 29.0 Å². The fourth-order valence-corrected chi connectivity index (χ4v) is 4.58. The van der Waals surface area contributed by atoms with Crippen LogP contribution in [0.5, 0.6) is 0 Å². The van der Waals surface area contributed by atoms with Crippen LogP contribution in [-0.2, 0) is 4.74 Å². The van der Waals surface area contributed by atoms with Crippen LogP contribution in [0.4, 0.5) is 0 Å². The molecule has 4 aromatic carbocycles. The van der Waals surface area contributed by atoms with Crippen LogP contribution in [0.2, 0.25) is 0 Å². The van der Waals surface area contributed by atoms with Crippen LogP contribution in [0.1, 0.15) is 52.9 Å². The topological polar surface area (TPSA) is 105 Å². The standard InChI is InChI=1S/C17H16N2O2.C15H13N3O.C2H6/c1-3-21-17(20)16-14-9-4-5-10-15(14)19(18-16)13-8-6-7-12(2)11-13;1-10-5-4-6-11(9-10)18-13-8-3-2-7-12(13)14(17-18)15(16)19;1-2/h4-11H,3H2,1-2H3;2-9H,1H3,(H2,16,19);1-2H3. The van der Waals surface area contributed by atoms with Gasteiger partial charge >= 0.3 is 5.97 Å². The molecule has 214 valence electrons. The van der Waals surface area contributed by atoms with Crippen molar-refractivity contribution in [2.24, 2.45) is 5.73 Å². The second-order valence-electron chi connectivity index (χ2n) is 9.32. The fourth-order valence-electron chi connectivity index (χ4n) is 4.58.